The van der Waals surface area contributed by atoms with E-state index in [1.165, 1.54) is 6.20 Å². The van der Waals surface area contributed by atoms with Gasteiger partial charge < -0.3 is 19.8 Å². The van der Waals surface area contributed by atoms with E-state index in [-0.39, 0.29) is 12.0 Å². The minimum Gasteiger partial charge on any atom is -0.471 e. The Morgan fingerprint density at radius 2 is 2.43 bits per heavy atom. The Hall–Kier alpha value is -2.12. The highest BCUT2D eigenvalue weighted by Crippen LogP contribution is 2.25. The van der Waals surface area contributed by atoms with E-state index < -0.39 is 0 Å². The summed E-state index contributed by atoms with van der Waals surface area (Å²) >= 11 is 6.15. The normalized spacial score (nSPS) is 17.2. The molecule has 3 heterocycles. The molecule has 1 saturated heterocycles. The van der Waals surface area contributed by atoms with Crippen LogP contribution in [-0.2, 0) is 11.2 Å². The molecule has 1 atom stereocenters. The number of hydrogen-bond acceptors (Lipinski definition) is 5. The monoisotopic (exact) mass is 336 g/mol. The molecular formula is C15H17ClN4O3. The molecular weight excluding hydrogens is 320 g/mol. The van der Waals surface area contributed by atoms with Crippen molar-refractivity contribution in [3.63, 3.8) is 0 Å². The van der Waals surface area contributed by atoms with Gasteiger partial charge in [-0.15, -0.1) is 0 Å². The maximum absolute atomic E-state index is 12.1. The Bertz CT molecular complexity index is 657. The minimum atomic E-state index is -0.227. The predicted molar refractivity (Wildman–Crippen MR) is 83.7 cm³/mol. The van der Waals surface area contributed by atoms with Crippen molar-refractivity contribution in [1.29, 1.82) is 0 Å². The first-order valence-electron chi connectivity index (χ1n) is 7.38. The molecule has 0 spiro atoms. The van der Waals surface area contributed by atoms with E-state index in [1.807, 2.05) is 0 Å². The predicted octanol–water partition coefficient (Wildman–Crippen LogP) is 1.60. The number of H-pyrrole nitrogens is 1. The molecule has 2 N–H and O–H groups in total. The van der Waals surface area contributed by atoms with Gasteiger partial charge in [-0.2, -0.15) is 0 Å². The molecule has 0 saturated carbocycles. The van der Waals surface area contributed by atoms with Crippen LogP contribution in [0.5, 0.6) is 5.88 Å². The van der Waals surface area contributed by atoms with Crippen LogP contribution < -0.4 is 10.1 Å². The van der Waals surface area contributed by atoms with Gasteiger partial charge in [0.2, 0.25) is 5.88 Å². The number of aromatic amines is 1. The van der Waals surface area contributed by atoms with E-state index >= 15 is 0 Å². The van der Waals surface area contributed by atoms with Gasteiger partial charge in [0.05, 0.1) is 25.1 Å². The van der Waals surface area contributed by atoms with Crippen LogP contribution in [0.4, 0.5) is 0 Å². The third-order valence-electron chi connectivity index (χ3n) is 3.47. The van der Waals surface area contributed by atoms with Crippen molar-refractivity contribution in [3.8, 4) is 5.88 Å². The van der Waals surface area contributed by atoms with E-state index in [4.69, 9.17) is 21.1 Å². The van der Waals surface area contributed by atoms with E-state index in [2.05, 4.69) is 20.3 Å². The second-order valence-corrected chi connectivity index (χ2v) is 5.60. The van der Waals surface area contributed by atoms with Crippen molar-refractivity contribution in [2.45, 2.75) is 18.9 Å². The van der Waals surface area contributed by atoms with Crippen LogP contribution in [-0.4, -0.2) is 46.7 Å². The average molecular weight is 337 g/mol. The molecule has 2 aromatic rings. The second-order valence-electron chi connectivity index (χ2n) is 5.20. The Morgan fingerprint density at radius 1 is 1.52 bits per heavy atom. The number of amides is 1. The van der Waals surface area contributed by atoms with Crippen molar-refractivity contribution in [3.05, 3.63) is 41.1 Å². The number of carbonyl (C=O) groups excluding carboxylic acids is 1. The van der Waals surface area contributed by atoms with Gasteiger partial charge in [-0.25, -0.2) is 9.97 Å². The smallest absolute Gasteiger partial charge is 0.252 e. The van der Waals surface area contributed by atoms with Crippen LogP contribution in [0, 0.1) is 0 Å². The zero-order chi connectivity index (χ0) is 16.1. The molecule has 1 amide bonds. The van der Waals surface area contributed by atoms with E-state index in [1.54, 1.807) is 18.6 Å². The van der Waals surface area contributed by atoms with Gasteiger partial charge in [0.1, 0.15) is 11.1 Å². The lowest BCUT2D eigenvalue weighted by Crippen LogP contribution is -2.26. The van der Waals surface area contributed by atoms with Gasteiger partial charge in [-0.3, -0.25) is 4.79 Å². The number of aromatic nitrogens is 3. The fraction of sp³-hybridized carbons (Fsp3) is 0.400. The lowest BCUT2D eigenvalue weighted by atomic mass is 10.2. The lowest BCUT2D eigenvalue weighted by Gasteiger charge is -2.12. The van der Waals surface area contributed by atoms with Crippen molar-refractivity contribution in [1.82, 2.24) is 20.3 Å². The molecule has 0 radical (unpaired) electrons. The topological polar surface area (TPSA) is 89.1 Å². The van der Waals surface area contributed by atoms with Crippen molar-refractivity contribution in [2.24, 2.45) is 0 Å². The maximum Gasteiger partial charge on any atom is 0.252 e. The Kier molecular flexibility index (Phi) is 5.09. The summed E-state index contributed by atoms with van der Waals surface area (Å²) in [5.74, 6) is 0.103. The van der Waals surface area contributed by atoms with Crippen LogP contribution in [0.15, 0.2) is 24.8 Å². The summed E-state index contributed by atoms with van der Waals surface area (Å²) in [7, 11) is 0. The SMILES string of the molecule is O=C(NCCc1cnc[nH]1)c1cnc(O[C@H]2CCOC2)c(Cl)c1. The molecule has 3 rings (SSSR count). The highest BCUT2D eigenvalue weighted by atomic mass is 35.5. The molecule has 1 aliphatic heterocycles. The molecule has 2 aromatic heterocycles. The van der Waals surface area contributed by atoms with Gasteiger partial charge in [0, 0.05) is 37.5 Å². The number of imidazole rings is 1. The summed E-state index contributed by atoms with van der Waals surface area (Å²) in [6.07, 6.45) is 6.25. The summed E-state index contributed by atoms with van der Waals surface area (Å²) in [5, 5.41) is 3.13. The van der Waals surface area contributed by atoms with E-state index in [0.717, 1.165) is 12.1 Å². The number of pyridine rings is 1. The number of rotatable bonds is 6. The largest absolute Gasteiger partial charge is 0.471 e. The van der Waals surface area contributed by atoms with Gasteiger partial charge in [0.25, 0.3) is 5.91 Å². The summed E-state index contributed by atoms with van der Waals surface area (Å²) in [6, 6.07) is 1.56. The lowest BCUT2D eigenvalue weighted by molar-refractivity contribution is 0.0953. The molecule has 0 aliphatic carbocycles. The third-order valence-corrected chi connectivity index (χ3v) is 3.74. The maximum atomic E-state index is 12.1. The summed E-state index contributed by atoms with van der Waals surface area (Å²) < 4.78 is 10.9. The number of nitrogens with one attached hydrogen (secondary N) is 2. The molecule has 0 unspecified atom stereocenters. The number of halogens is 1. The zero-order valence-electron chi connectivity index (χ0n) is 12.4. The molecule has 0 bridgehead atoms. The summed E-state index contributed by atoms with van der Waals surface area (Å²) in [4.78, 5) is 23.1. The molecule has 1 aliphatic rings. The van der Waals surface area contributed by atoms with Crippen molar-refractivity contribution < 1.29 is 14.3 Å². The van der Waals surface area contributed by atoms with Crippen LogP contribution in [0.3, 0.4) is 0 Å². The molecule has 8 heteroatoms. The van der Waals surface area contributed by atoms with Gasteiger partial charge in [-0.05, 0) is 6.07 Å². The summed E-state index contributed by atoms with van der Waals surface area (Å²) in [5.41, 5.74) is 1.36. The Balaban J connectivity index is 1.54. The molecule has 122 valence electrons. The number of carbonyl (C=O) groups is 1. The first-order chi connectivity index (χ1) is 11.2. The van der Waals surface area contributed by atoms with Crippen LogP contribution in [0.1, 0.15) is 22.5 Å². The molecule has 0 aromatic carbocycles. The second kappa shape index (κ2) is 7.43. The average Bonchev–Trinajstić information content (AvgIpc) is 3.22. The minimum absolute atomic E-state index is 0.0333. The highest BCUT2D eigenvalue weighted by Gasteiger charge is 2.19. The highest BCUT2D eigenvalue weighted by molar-refractivity contribution is 6.32. The quantitative estimate of drug-likeness (QED) is 0.836. The molecule has 1 fully saturated rings. The Labute approximate surface area is 138 Å². The van der Waals surface area contributed by atoms with Crippen molar-refractivity contribution >= 4 is 17.5 Å². The van der Waals surface area contributed by atoms with E-state index in [9.17, 15) is 4.79 Å². The van der Waals surface area contributed by atoms with E-state index in [0.29, 0.717) is 42.6 Å². The molecule has 7 nitrogen and oxygen atoms in total. The fourth-order valence-corrected chi connectivity index (χ4v) is 2.45. The first-order valence-corrected chi connectivity index (χ1v) is 7.75. The first kappa shape index (κ1) is 15.8. The molecule has 23 heavy (non-hydrogen) atoms. The standard InChI is InChI=1S/C15H17ClN4O3/c16-13-5-10(6-19-15(13)23-12-2-4-22-8-12)14(21)18-3-1-11-7-17-9-20-11/h5-7,9,12H,1-4,8H2,(H,17,20)(H,18,21)/t12-/m0/s1. The van der Waals surface area contributed by atoms with Gasteiger partial charge in [0.15, 0.2) is 0 Å². The van der Waals surface area contributed by atoms with Gasteiger partial charge in [-0.1, -0.05) is 11.6 Å². The number of ether oxygens (including phenoxy) is 2. The Morgan fingerprint density at radius 3 is 3.13 bits per heavy atom. The number of nitrogens with zero attached hydrogens (tertiary/aromatic N) is 2. The van der Waals surface area contributed by atoms with Crippen LogP contribution in [0.2, 0.25) is 5.02 Å². The van der Waals surface area contributed by atoms with Crippen LogP contribution in [0.25, 0.3) is 0 Å². The fourth-order valence-electron chi connectivity index (χ4n) is 2.23. The van der Waals surface area contributed by atoms with Crippen molar-refractivity contribution in [2.75, 3.05) is 19.8 Å². The van der Waals surface area contributed by atoms with Gasteiger partial charge >= 0.3 is 0 Å². The number of hydrogen-bond donors (Lipinski definition) is 2. The third kappa shape index (κ3) is 4.20. The van der Waals surface area contributed by atoms with Crippen LogP contribution >= 0.6 is 11.6 Å². The zero-order valence-corrected chi connectivity index (χ0v) is 13.2. The summed E-state index contributed by atoms with van der Waals surface area (Å²) in [6.45, 7) is 1.71.